The SMILES string of the molecule is CN(C)CCNc1nn2ccccc2c1N=C1C=C(OCCO)c2[nH]ccc2C1=N. The molecule has 0 atom stereocenters. The summed E-state index contributed by atoms with van der Waals surface area (Å²) >= 11 is 0. The van der Waals surface area contributed by atoms with Gasteiger partial charge in [-0.15, -0.1) is 5.10 Å². The topological polar surface area (TPSA) is 114 Å². The summed E-state index contributed by atoms with van der Waals surface area (Å²) < 4.78 is 7.46. The van der Waals surface area contributed by atoms with Crippen molar-refractivity contribution in [2.45, 2.75) is 0 Å². The van der Waals surface area contributed by atoms with Crippen LogP contribution in [0.15, 0.2) is 47.7 Å². The van der Waals surface area contributed by atoms with Crippen molar-refractivity contribution in [3.8, 4) is 0 Å². The molecule has 3 heterocycles. The number of likely N-dealkylation sites (N-methyl/N-ethyl adjacent to an activating group) is 1. The van der Waals surface area contributed by atoms with Crippen molar-refractivity contribution in [2.24, 2.45) is 4.99 Å². The van der Waals surface area contributed by atoms with Crippen LogP contribution in [0, 0.1) is 5.41 Å². The Kier molecular flexibility index (Phi) is 5.64. The molecular weight excluding hydrogens is 382 g/mol. The Hall–Kier alpha value is -3.43. The fourth-order valence-corrected chi connectivity index (χ4v) is 3.28. The van der Waals surface area contributed by atoms with Gasteiger partial charge in [-0.25, -0.2) is 9.51 Å². The van der Waals surface area contributed by atoms with Gasteiger partial charge in [-0.3, -0.25) is 5.41 Å². The first kappa shape index (κ1) is 19.9. The Morgan fingerprint density at radius 3 is 3.00 bits per heavy atom. The molecule has 156 valence electrons. The molecule has 9 heteroatoms. The summed E-state index contributed by atoms with van der Waals surface area (Å²) in [7, 11) is 4.03. The Morgan fingerprint density at radius 1 is 1.33 bits per heavy atom. The number of aliphatic hydroxyl groups excluding tert-OH is 1. The van der Waals surface area contributed by atoms with Crippen LogP contribution in [0.25, 0.3) is 11.3 Å². The van der Waals surface area contributed by atoms with E-state index in [-0.39, 0.29) is 13.2 Å². The number of pyridine rings is 1. The van der Waals surface area contributed by atoms with E-state index in [1.165, 1.54) is 0 Å². The van der Waals surface area contributed by atoms with Gasteiger partial charge in [0.15, 0.2) is 5.82 Å². The lowest BCUT2D eigenvalue weighted by molar-refractivity contribution is 0.180. The van der Waals surface area contributed by atoms with Crippen molar-refractivity contribution >= 4 is 34.2 Å². The van der Waals surface area contributed by atoms with Crippen LogP contribution in [0.2, 0.25) is 0 Å². The largest absolute Gasteiger partial charge is 0.489 e. The quantitative estimate of drug-likeness (QED) is 0.457. The third-order valence-corrected chi connectivity index (χ3v) is 4.73. The zero-order valence-electron chi connectivity index (χ0n) is 17.0. The van der Waals surface area contributed by atoms with Gasteiger partial charge in [0.05, 0.1) is 29.2 Å². The number of nitrogens with one attached hydrogen (secondary N) is 3. The highest BCUT2D eigenvalue weighted by molar-refractivity contribution is 6.54. The molecule has 0 aliphatic heterocycles. The number of aromatic nitrogens is 3. The van der Waals surface area contributed by atoms with Gasteiger partial charge in [0.2, 0.25) is 0 Å². The van der Waals surface area contributed by atoms with E-state index in [9.17, 15) is 0 Å². The van der Waals surface area contributed by atoms with Crippen molar-refractivity contribution in [3.63, 3.8) is 0 Å². The van der Waals surface area contributed by atoms with E-state index < -0.39 is 0 Å². The van der Waals surface area contributed by atoms with Gasteiger partial charge in [-0.1, -0.05) is 6.07 Å². The Labute approximate surface area is 174 Å². The molecule has 4 N–H and O–H groups in total. The van der Waals surface area contributed by atoms with Crippen LogP contribution in [0.3, 0.4) is 0 Å². The number of H-pyrrole nitrogens is 1. The molecule has 3 aromatic rings. The predicted molar refractivity (Wildman–Crippen MR) is 118 cm³/mol. The highest BCUT2D eigenvalue weighted by Gasteiger charge is 2.25. The van der Waals surface area contributed by atoms with Crippen molar-refractivity contribution in [2.75, 3.05) is 45.7 Å². The fraction of sp³-hybridized carbons (Fsp3) is 0.286. The lowest BCUT2D eigenvalue weighted by atomic mass is 9.98. The maximum absolute atomic E-state index is 9.14. The second kappa shape index (κ2) is 8.52. The molecule has 9 nitrogen and oxygen atoms in total. The van der Waals surface area contributed by atoms with Crippen molar-refractivity contribution in [1.82, 2.24) is 19.5 Å². The molecule has 1 aliphatic rings. The van der Waals surface area contributed by atoms with Crippen LogP contribution in [-0.2, 0) is 4.74 Å². The van der Waals surface area contributed by atoms with Crippen LogP contribution in [0.5, 0.6) is 0 Å². The number of nitrogens with zero attached hydrogens (tertiary/aromatic N) is 4. The highest BCUT2D eigenvalue weighted by Crippen LogP contribution is 2.32. The van der Waals surface area contributed by atoms with Crippen molar-refractivity contribution < 1.29 is 9.84 Å². The van der Waals surface area contributed by atoms with E-state index in [0.717, 1.165) is 24.3 Å². The molecule has 0 saturated carbocycles. The van der Waals surface area contributed by atoms with Gasteiger partial charge in [0, 0.05) is 37.1 Å². The van der Waals surface area contributed by atoms with E-state index in [1.807, 2.05) is 44.6 Å². The smallest absolute Gasteiger partial charge is 0.175 e. The second-order valence-electron chi connectivity index (χ2n) is 7.18. The van der Waals surface area contributed by atoms with E-state index in [4.69, 9.17) is 20.2 Å². The molecule has 0 unspecified atom stereocenters. The van der Waals surface area contributed by atoms with Crippen LogP contribution < -0.4 is 5.32 Å². The van der Waals surface area contributed by atoms with Crippen LogP contribution >= 0.6 is 0 Å². The zero-order valence-corrected chi connectivity index (χ0v) is 17.0. The number of hydrogen-bond donors (Lipinski definition) is 4. The van der Waals surface area contributed by atoms with Gasteiger partial charge in [0.1, 0.15) is 18.1 Å². The summed E-state index contributed by atoms with van der Waals surface area (Å²) in [6.07, 6.45) is 5.37. The first-order chi connectivity index (χ1) is 14.6. The lowest BCUT2D eigenvalue weighted by Gasteiger charge is -2.17. The maximum atomic E-state index is 9.14. The van der Waals surface area contributed by atoms with Gasteiger partial charge in [-0.2, -0.15) is 0 Å². The maximum Gasteiger partial charge on any atom is 0.175 e. The summed E-state index contributed by atoms with van der Waals surface area (Å²) in [4.78, 5) is 10.0. The minimum atomic E-state index is -0.0920. The number of aliphatic imine (C=N–C) groups is 1. The molecule has 0 saturated heterocycles. The normalized spacial score (nSPS) is 15.0. The molecule has 30 heavy (non-hydrogen) atoms. The zero-order chi connectivity index (χ0) is 21.1. The van der Waals surface area contributed by atoms with Gasteiger partial charge in [0.25, 0.3) is 0 Å². The van der Waals surface area contributed by atoms with Gasteiger partial charge < -0.3 is 25.0 Å². The number of anilines is 1. The van der Waals surface area contributed by atoms with Gasteiger partial charge in [-0.05, 0) is 32.3 Å². The lowest BCUT2D eigenvalue weighted by Crippen LogP contribution is -2.21. The third-order valence-electron chi connectivity index (χ3n) is 4.73. The van der Waals surface area contributed by atoms with E-state index in [2.05, 4.69) is 20.3 Å². The summed E-state index contributed by atoms with van der Waals surface area (Å²) in [5, 5.41) is 25.7. The molecule has 0 bridgehead atoms. The Balaban J connectivity index is 1.76. The Morgan fingerprint density at radius 2 is 2.20 bits per heavy atom. The van der Waals surface area contributed by atoms with Crippen molar-refractivity contribution in [1.29, 1.82) is 5.41 Å². The first-order valence-corrected chi connectivity index (χ1v) is 9.75. The predicted octanol–water partition coefficient (Wildman–Crippen LogP) is 2.14. The average Bonchev–Trinajstić information content (AvgIpc) is 3.35. The molecule has 0 fully saturated rings. The molecule has 0 aromatic carbocycles. The van der Waals surface area contributed by atoms with Crippen molar-refractivity contribution in [3.05, 3.63) is 54.0 Å². The minimum Gasteiger partial charge on any atom is -0.489 e. The number of ether oxygens (including phenoxy) is 1. The molecule has 0 spiro atoms. The number of rotatable bonds is 8. The molecule has 1 aliphatic carbocycles. The summed E-state index contributed by atoms with van der Waals surface area (Å²) in [6.45, 7) is 1.64. The third kappa shape index (κ3) is 3.85. The average molecular weight is 407 g/mol. The molecule has 4 rings (SSSR count). The highest BCUT2D eigenvalue weighted by atomic mass is 16.5. The minimum absolute atomic E-state index is 0.0920. The first-order valence-electron chi connectivity index (χ1n) is 9.75. The van der Waals surface area contributed by atoms with E-state index in [1.54, 1.807) is 16.8 Å². The second-order valence-corrected chi connectivity index (χ2v) is 7.18. The van der Waals surface area contributed by atoms with E-state index >= 15 is 0 Å². The van der Waals surface area contributed by atoms with Gasteiger partial charge >= 0.3 is 0 Å². The summed E-state index contributed by atoms with van der Waals surface area (Å²) in [6, 6.07) is 7.63. The van der Waals surface area contributed by atoms with Crippen LogP contribution in [0.1, 0.15) is 11.3 Å². The van der Waals surface area contributed by atoms with Crippen LogP contribution in [-0.4, -0.2) is 76.4 Å². The number of hydrogen-bond acceptors (Lipinski definition) is 7. The molecule has 0 amide bonds. The fourth-order valence-electron chi connectivity index (χ4n) is 3.28. The standard InChI is InChI=1S/C21H25N7O2/c1-27(2)10-8-24-21-20(16-5-3-4-9-28(16)26-21)25-15-13-17(30-12-11-29)19-14(18(15)22)6-7-23-19/h3-7,9,13,22-23,29H,8,10-12H2,1-2H3,(H,24,26). The summed E-state index contributed by atoms with van der Waals surface area (Å²) in [5.41, 5.74) is 3.73. The molecule has 0 radical (unpaired) electrons. The summed E-state index contributed by atoms with van der Waals surface area (Å²) in [5.74, 6) is 1.21. The number of aliphatic hydroxyl groups is 1. The number of aromatic amines is 1. The Bertz CT molecular complexity index is 1120. The monoisotopic (exact) mass is 407 g/mol. The van der Waals surface area contributed by atoms with Crippen LogP contribution in [0.4, 0.5) is 11.5 Å². The molecule has 3 aromatic heterocycles. The number of fused-ring (bicyclic) bond motifs is 2. The van der Waals surface area contributed by atoms with E-state index in [0.29, 0.717) is 34.3 Å². The molecular formula is C21H25N7O2. The number of allylic oxidation sites excluding steroid dienone is 1.